The number of nitrogens with two attached hydrogens (primary N) is 3. The highest BCUT2D eigenvalue weighted by atomic mass is 16.7. The Balaban J connectivity index is 1.54. The van der Waals surface area contributed by atoms with Gasteiger partial charge in [-0.2, -0.15) is 0 Å². The normalized spacial score (nSPS) is 50.3. The summed E-state index contributed by atoms with van der Waals surface area (Å²) in [5, 5.41) is 98.0. The molecule has 2 heterocycles. The molecule has 2 aliphatic heterocycles. The number of hydrogen-bond acceptors (Lipinski definition) is 18. The summed E-state index contributed by atoms with van der Waals surface area (Å²) in [6, 6.07) is -4.33. The van der Waals surface area contributed by atoms with Crippen LogP contribution in [0.15, 0.2) is 0 Å². The van der Waals surface area contributed by atoms with Crippen molar-refractivity contribution in [2.24, 2.45) is 17.2 Å². The second kappa shape index (κ2) is 14.1. The Labute approximate surface area is 246 Å². The Kier molecular flexibility index (Phi) is 11.3. The molecule has 0 aromatic carbocycles. The summed E-state index contributed by atoms with van der Waals surface area (Å²) >= 11 is 0. The van der Waals surface area contributed by atoms with Crippen molar-refractivity contribution >= 4 is 5.91 Å². The van der Waals surface area contributed by atoms with E-state index in [0.717, 1.165) is 0 Å². The first-order chi connectivity index (χ1) is 20.2. The van der Waals surface area contributed by atoms with Gasteiger partial charge in [-0.3, -0.25) is 4.79 Å². The average Bonchev–Trinajstić information content (AvgIpc) is 3.60. The quantitative estimate of drug-likeness (QED) is 0.0945. The molecule has 2 saturated heterocycles. The molecule has 0 radical (unpaired) electrons. The second-order valence-electron chi connectivity index (χ2n) is 11.6. The van der Waals surface area contributed by atoms with Crippen LogP contribution in [0.25, 0.3) is 0 Å². The first kappa shape index (κ1) is 34.7. The zero-order valence-electron chi connectivity index (χ0n) is 23.3. The molecule has 1 amide bonds. The minimum Gasteiger partial charge on any atom is -0.395 e. The van der Waals surface area contributed by atoms with E-state index < -0.39 is 116 Å². The smallest absolute Gasteiger partial charge is 0.253 e. The van der Waals surface area contributed by atoms with E-state index in [2.05, 4.69) is 10.6 Å². The fourth-order valence-electron chi connectivity index (χ4n) is 5.63. The van der Waals surface area contributed by atoms with E-state index in [0.29, 0.717) is 0 Å². The Morgan fingerprint density at radius 2 is 1.44 bits per heavy atom. The van der Waals surface area contributed by atoms with Crippen molar-refractivity contribution in [3.63, 3.8) is 0 Å². The van der Waals surface area contributed by atoms with Crippen molar-refractivity contribution in [3.05, 3.63) is 0 Å². The summed E-state index contributed by atoms with van der Waals surface area (Å²) in [7, 11) is 0. The first-order valence-electron chi connectivity index (χ1n) is 14.2. The second-order valence-corrected chi connectivity index (χ2v) is 11.6. The fourth-order valence-corrected chi connectivity index (χ4v) is 5.63. The molecule has 2 saturated carbocycles. The van der Waals surface area contributed by atoms with Gasteiger partial charge in [0.05, 0.1) is 25.3 Å². The molecular formula is C24H45N5O14. The highest BCUT2D eigenvalue weighted by molar-refractivity contribution is 5.89. The van der Waals surface area contributed by atoms with Crippen LogP contribution in [0, 0.1) is 0 Å². The van der Waals surface area contributed by atoms with Crippen LogP contribution < -0.4 is 27.8 Å². The number of amides is 1. The summed E-state index contributed by atoms with van der Waals surface area (Å²) < 4.78 is 22.9. The Hall–Kier alpha value is -1.21. The molecule has 19 nitrogen and oxygen atoms in total. The maximum absolute atomic E-state index is 12.8. The lowest BCUT2D eigenvalue weighted by Crippen LogP contribution is -2.69. The van der Waals surface area contributed by atoms with Gasteiger partial charge in [0.15, 0.2) is 18.2 Å². The standard InChI is InChI=1S/C24H45N5O14/c25-7-3-8(29-23(38)24(39)4-11(24)26)20(43-21-15(34)12(27)13(32)10(6-31)41-21)18(37)19(7)42-22-17(36)16(35)14(33)9(40-22)5-28-1-2-30/h7-22,28,30-37,39H,1-6,25-27H2,(H,29,38)/t7-,8+,9+,10+,11?,12-,13+,14+,15+,16-,17+,18-,19?,20-,21+,22+,24?/m0/s1. The largest absolute Gasteiger partial charge is 0.395 e. The predicted octanol–water partition coefficient (Wildman–Crippen LogP) is -9.05. The van der Waals surface area contributed by atoms with Crippen LogP contribution in [0.5, 0.6) is 0 Å². The third-order valence-corrected chi connectivity index (χ3v) is 8.53. The van der Waals surface area contributed by atoms with E-state index in [1.807, 2.05) is 0 Å². The molecule has 19 heteroatoms. The van der Waals surface area contributed by atoms with Gasteiger partial charge < -0.3 is 92.7 Å². The number of rotatable bonds is 11. The molecule has 0 aromatic heterocycles. The molecule has 4 rings (SSSR count). The highest BCUT2D eigenvalue weighted by Gasteiger charge is 2.59. The van der Waals surface area contributed by atoms with Gasteiger partial charge in [-0.15, -0.1) is 0 Å². The predicted molar refractivity (Wildman–Crippen MR) is 140 cm³/mol. The Morgan fingerprint density at radius 1 is 0.837 bits per heavy atom. The molecule has 0 bridgehead atoms. The molecule has 4 fully saturated rings. The van der Waals surface area contributed by atoms with E-state index in [1.54, 1.807) is 0 Å². The summed E-state index contributed by atoms with van der Waals surface area (Å²) in [5.41, 5.74) is 16.0. The molecule has 4 aliphatic rings. The lowest BCUT2D eigenvalue weighted by molar-refractivity contribution is -0.333. The SMILES string of the molecule is NC1CC1(O)C(=O)N[C@@H]1C[C@H](N)C(O[C@H]2O[C@H](CNCCO)[C@@H](O)[C@H](O)[C@H]2O)[C@H](O)[C@H]1O[C@H]1O[C@H](CO)[C@@H](O)[C@H](N)[C@H]1O. The van der Waals surface area contributed by atoms with E-state index in [4.69, 9.17) is 41.3 Å². The van der Waals surface area contributed by atoms with E-state index in [1.165, 1.54) is 0 Å². The molecule has 250 valence electrons. The molecule has 17 atom stereocenters. The van der Waals surface area contributed by atoms with Crippen molar-refractivity contribution in [1.82, 2.24) is 10.6 Å². The van der Waals surface area contributed by atoms with Gasteiger partial charge in [0.1, 0.15) is 61.0 Å². The summed E-state index contributed by atoms with van der Waals surface area (Å²) in [5.74, 6) is -0.857. The van der Waals surface area contributed by atoms with Crippen molar-refractivity contribution in [2.45, 2.75) is 116 Å². The number of nitrogens with one attached hydrogen (secondary N) is 2. The Bertz CT molecular complexity index is 941. The van der Waals surface area contributed by atoms with Gasteiger partial charge >= 0.3 is 0 Å². The van der Waals surface area contributed by atoms with Crippen LogP contribution in [0.3, 0.4) is 0 Å². The van der Waals surface area contributed by atoms with Crippen LogP contribution in [0.2, 0.25) is 0 Å². The molecule has 0 aromatic rings. The zero-order chi connectivity index (χ0) is 31.8. The summed E-state index contributed by atoms with van der Waals surface area (Å²) in [6.45, 7) is -0.774. The molecule has 17 N–H and O–H groups in total. The van der Waals surface area contributed by atoms with Crippen molar-refractivity contribution < 1.29 is 69.7 Å². The summed E-state index contributed by atoms with van der Waals surface area (Å²) in [4.78, 5) is 12.8. The van der Waals surface area contributed by atoms with Crippen LogP contribution in [0.4, 0.5) is 0 Å². The molecular weight excluding hydrogens is 582 g/mol. The third kappa shape index (κ3) is 7.13. The van der Waals surface area contributed by atoms with Gasteiger partial charge in [0.2, 0.25) is 0 Å². The molecule has 3 unspecified atom stereocenters. The molecule has 0 spiro atoms. The number of carbonyl (C=O) groups is 1. The minimum atomic E-state index is -1.85. The lowest BCUT2D eigenvalue weighted by Gasteiger charge is -2.49. The number of ether oxygens (including phenoxy) is 4. The van der Waals surface area contributed by atoms with Crippen LogP contribution in [-0.2, 0) is 23.7 Å². The number of aliphatic hydroxyl groups excluding tert-OH is 8. The zero-order valence-corrected chi connectivity index (χ0v) is 23.3. The van der Waals surface area contributed by atoms with Crippen molar-refractivity contribution in [3.8, 4) is 0 Å². The van der Waals surface area contributed by atoms with Gasteiger partial charge in [0.25, 0.3) is 5.91 Å². The lowest BCUT2D eigenvalue weighted by atomic mass is 9.83. The maximum atomic E-state index is 12.8. The van der Waals surface area contributed by atoms with Crippen LogP contribution >= 0.6 is 0 Å². The van der Waals surface area contributed by atoms with Gasteiger partial charge in [0, 0.05) is 31.6 Å². The molecule has 43 heavy (non-hydrogen) atoms. The highest BCUT2D eigenvalue weighted by Crippen LogP contribution is 2.36. The van der Waals surface area contributed by atoms with Crippen LogP contribution in [0.1, 0.15) is 12.8 Å². The monoisotopic (exact) mass is 627 g/mol. The van der Waals surface area contributed by atoms with E-state index in [9.17, 15) is 45.6 Å². The maximum Gasteiger partial charge on any atom is 0.253 e. The van der Waals surface area contributed by atoms with Gasteiger partial charge in [-0.25, -0.2) is 0 Å². The van der Waals surface area contributed by atoms with Gasteiger partial charge in [-0.1, -0.05) is 0 Å². The van der Waals surface area contributed by atoms with Crippen molar-refractivity contribution in [2.75, 3.05) is 26.3 Å². The number of aliphatic hydroxyl groups is 9. The molecule has 2 aliphatic carbocycles. The third-order valence-electron chi connectivity index (χ3n) is 8.53. The van der Waals surface area contributed by atoms with E-state index in [-0.39, 0.29) is 32.5 Å². The minimum absolute atomic E-state index is 0.00773. The topological polar surface area (TPSA) is 338 Å². The van der Waals surface area contributed by atoms with E-state index >= 15 is 0 Å². The van der Waals surface area contributed by atoms with Crippen LogP contribution in [-0.4, -0.2) is 182 Å². The summed E-state index contributed by atoms with van der Waals surface area (Å²) in [6.07, 6.45) is -18.5. The number of hydrogen-bond donors (Lipinski definition) is 14. The van der Waals surface area contributed by atoms with Crippen molar-refractivity contribution in [1.29, 1.82) is 0 Å². The average molecular weight is 628 g/mol. The fraction of sp³-hybridized carbons (Fsp3) is 0.958. The number of carbonyl (C=O) groups excluding carboxylic acids is 1. The van der Waals surface area contributed by atoms with Gasteiger partial charge in [-0.05, 0) is 6.42 Å². The first-order valence-corrected chi connectivity index (χ1v) is 14.2. The Morgan fingerprint density at radius 3 is 2.05 bits per heavy atom.